The molecule has 0 radical (unpaired) electrons. The molecule has 0 aliphatic rings. The average Bonchev–Trinajstić information content (AvgIpc) is 2.68. The summed E-state index contributed by atoms with van der Waals surface area (Å²) in [7, 11) is 0. The number of fused-ring (bicyclic) bond motifs is 1. The Morgan fingerprint density at radius 1 is 1.12 bits per heavy atom. The Morgan fingerprint density at radius 3 is 2.65 bits per heavy atom. The van der Waals surface area contributed by atoms with Crippen molar-refractivity contribution < 1.29 is 5.11 Å². The number of H-pyrrole nitrogens is 1. The molecule has 0 amide bonds. The monoisotopic (exact) mass is 244 g/mol. The van der Waals surface area contributed by atoms with Crippen LogP contribution in [0.1, 0.15) is 0 Å². The Morgan fingerprint density at radius 2 is 1.88 bits per heavy atom. The van der Waals surface area contributed by atoms with E-state index in [1.165, 1.54) is 0 Å². The second-order valence-electron chi connectivity index (χ2n) is 3.77. The molecule has 3 nitrogen and oxygen atoms in total. The second kappa shape index (κ2) is 3.79. The maximum atomic E-state index is 9.37. The van der Waals surface area contributed by atoms with Gasteiger partial charge in [-0.05, 0) is 6.07 Å². The molecule has 0 aliphatic carbocycles. The van der Waals surface area contributed by atoms with Crippen LogP contribution in [0, 0.1) is 0 Å². The molecule has 0 aliphatic heterocycles. The Bertz CT molecular complexity index is 676. The van der Waals surface area contributed by atoms with Crippen LogP contribution in [-0.2, 0) is 0 Å². The lowest BCUT2D eigenvalue weighted by Gasteiger charge is -2.03. The van der Waals surface area contributed by atoms with Gasteiger partial charge in [-0.3, -0.25) is 0 Å². The lowest BCUT2D eigenvalue weighted by molar-refractivity contribution is 0.458. The predicted molar refractivity (Wildman–Crippen MR) is 68.2 cm³/mol. The number of nitrogens with one attached hydrogen (secondary N) is 1. The van der Waals surface area contributed by atoms with Gasteiger partial charge in [-0.1, -0.05) is 41.9 Å². The number of halogens is 1. The quantitative estimate of drug-likeness (QED) is 0.687. The van der Waals surface area contributed by atoms with Crippen molar-refractivity contribution in [3.8, 4) is 17.1 Å². The first-order valence-corrected chi connectivity index (χ1v) is 5.55. The Hall–Kier alpha value is -2.00. The number of hydrogen-bond acceptors (Lipinski definition) is 2. The van der Waals surface area contributed by atoms with E-state index in [4.69, 9.17) is 11.6 Å². The summed E-state index contributed by atoms with van der Waals surface area (Å²) in [4.78, 5) is 7.23. The van der Waals surface area contributed by atoms with Crippen molar-refractivity contribution in [1.82, 2.24) is 9.97 Å². The van der Waals surface area contributed by atoms with Gasteiger partial charge in [0.15, 0.2) is 5.88 Å². The number of benzene rings is 1. The Kier molecular flexibility index (Phi) is 2.27. The molecular formula is C13H9ClN2O. The highest BCUT2D eigenvalue weighted by molar-refractivity contribution is 6.33. The number of nitrogens with zero attached hydrogens (tertiary/aromatic N) is 1. The van der Waals surface area contributed by atoms with Gasteiger partial charge in [-0.15, -0.1) is 0 Å². The third-order valence-corrected chi connectivity index (χ3v) is 2.88. The molecule has 1 aromatic carbocycles. The van der Waals surface area contributed by atoms with E-state index in [0.717, 1.165) is 16.8 Å². The van der Waals surface area contributed by atoms with E-state index >= 15 is 0 Å². The molecule has 0 bridgehead atoms. The molecule has 17 heavy (non-hydrogen) atoms. The molecule has 0 saturated carbocycles. The van der Waals surface area contributed by atoms with E-state index < -0.39 is 0 Å². The molecule has 3 aromatic rings. The maximum absolute atomic E-state index is 9.37. The van der Waals surface area contributed by atoms with Gasteiger partial charge in [0, 0.05) is 11.6 Å². The summed E-state index contributed by atoms with van der Waals surface area (Å²) >= 11 is 6.18. The van der Waals surface area contributed by atoms with Crippen molar-refractivity contribution in [3.05, 3.63) is 47.5 Å². The number of hydrogen-bond donors (Lipinski definition) is 2. The average molecular weight is 245 g/mol. The van der Waals surface area contributed by atoms with Gasteiger partial charge in [-0.25, -0.2) is 4.98 Å². The molecule has 0 atom stereocenters. The van der Waals surface area contributed by atoms with E-state index in [9.17, 15) is 5.11 Å². The van der Waals surface area contributed by atoms with Crippen molar-refractivity contribution >= 4 is 22.6 Å². The third kappa shape index (κ3) is 1.74. The minimum atomic E-state index is 0.0915. The number of pyridine rings is 1. The Labute approximate surface area is 103 Å². The van der Waals surface area contributed by atoms with Gasteiger partial charge in [0.25, 0.3) is 0 Å². The van der Waals surface area contributed by atoms with Crippen molar-refractivity contribution in [3.63, 3.8) is 0 Å². The standard InChI is InChI=1S/C13H9ClN2O/c14-9-6-10-11(7-12(17)15-10)16-13(9)8-4-2-1-3-5-8/h1-7,15,17H. The van der Waals surface area contributed by atoms with Crippen molar-refractivity contribution in [2.75, 3.05) is 0 Å². The van der Waals surface area contributed by atoms with E-state index in [2.05, 4.69) is 9.97 Å². The van der Waals surface area contributed by atoms with Crippen LogP contribution in [0.4, 0.5) is 0 Å². The zero-order valence-electron chi connectivity index (χ0n) is 8.81. The third-order valence-electron chi connectivity index (χ3n) is 2.59. The summed E-state index contributed by atoms with van der Waals surface area (Å²) in [5, 5.41) is 9.93. The first-order chi connectivity index (χ1) is 8.24. The summed E-state index contributed by atoms with van der Waals surface area (Å²) in [6, 6.07) is 13.1. The van der Waals surface area contributed by atoms with Crippen LogP contribution in [0.15, 0.2) is 42.5 Å². The van der Waals surface area contributed by atoms with Crippen molar-refractivity contribution in [2.45, 2.75) is 0 Å². The summed E-state index contributed by atoms with van der Waals surface area (Å²) in [6.07, 6.45) is 0. The van der Waals surface area contributed by atoms with Crippen LogP contribution in [-0.4, -0.2) is 15.1 Å². The molecule has 0 unspecified atom stereocenters. The van der Waals surface area contributed by atoms with Crippen LogP contribution >= 0.6 is 11.6 Å². The summed E-state index contributed by atoms with van der Waals surface area (Å²) < 4.78 is 0. The molecule has 2 N–H and O–H groups in total. The summed E-state index contributed by atoms with van der Waals surface area (Å²) in [6.45, 7) is 0. The normalized spacial score (nSPS) is 10.9. The highest BCUT2D eigenvalue weighted by atomic mass is 35.5. The van der Waals surface area contributed by atoms with Gasteiger partial charge in [0.1, 0.15) is 0 Å². The maximum Gasteiger partial charge on any atom is 0.190 e. The van der Waals surface area contributed by atoms with Gasteiger partial charge in [0.05, 0.1) is 21.7 Å². The topological polar surface area (TPSA) is 48.9 Å². The lowest BCUT2D eigenvalue weighted by atomic mass is 10.1. The number of rotatable bonds is 1. The molecule has 4 heteroatoms. The van der Waals surface area contributed by atoms with Gasteiger partial charge in [-0.2, -0.15) is 0 Å². The highest BCUT2D eigenvalue weighted by Crippen LogP contribution is 2.30. The number of aromatic hydroxyl groups is 1. The van der Waals surface area contributed by atoms with Gasteiger partial charge >= 0.3 is 0 Å². The summed E-state index contributed by atoms with van der Waals surface area (Å²) in [5.41, 5.74) is 3.11. The zero-order chi connectivity index (χ0) is 11.8. The minimum absolute atomic E-state index is 0.0915. The van der Waals surface area contributed by atoms with Crippen LogP contribution in [0.25, 0.3) is 22.3 Å². The van der Waals surface area contributed by atoms with Gasteiger partial charge < -0.3 is 10.1 Å². The number of aromatic amines is 1. The van der Waals surface area contributed by atoms with E-state index in [-0.39, 0.29) is 5.88 Å². The predicted octanol–water partition coefficient (Wildman–Crippen LogP) is 3.59. The van der Waals surface area contributed by atoms with Crippen LogP contribution in [0.2, 0.25) is 5.02 Å². The van der Waals surface area contributed by atoms with E-state index in [1.807, 2.05) is 30.3 Å². The first-order valence-electron chi connectivity index (χ1n) is 5.18. The van der Waals surface area contributed by atoms with Crippen LogP contribution in [0.5, 0.6) is 5.88 Å². The minimum Gasteiger partial charge on any atom is -0.495 e. The van der Waals surface area contributed by atoms with Gasteiger partial charge in [0.2, 0.25) is 0 Å². The zero-order valence-corrected chi connectivity index (χ0v) is 9.57. The van der Waals surface area contributed by atoms with Crippen LogP contribution in [0.3, 0.4) is 0 Å². The highest BCUT2D eigenvalue weighted by Gasteiger charge is 2.09. The lowest BCUT2D eigenvalue weighted by Crippen LogP contribution is -1.85. The van der Waals surface area contributed by atoms with Crippen molar-refractivity contribution in [1.29, 1.82) is 0 Å². The molecule has 2 heterocycles. The SMILES string of the molecule is Oc1cc2nc(-c3ccccc3)c(Cl)cc2[nH]1. The fourth-order valence-corrected chi connectivity index (χ4v) is 2.08. The fraction of sp³-hybridized carbons (Fsp3) is 0. The second-order valence-corrected chi connectivity index (χ2v) is 4.18. The molecule has 3 rings (SSSR count). The largest absolute Gasteiger partial charge is 0.495 e. The fourth-order valence-electron chi connectivity index (χ4n) is 1.82. The molecule has 0 saturated heterocycles. The molecule has 0 spiro atoms. The number of aromatic nitrogens is 2. The Balaban J connectivity index is 2.26. The van der Waals surface area contributed by atoms with Crippen LogP contribution < -0.4 is 0 Å². The molecule has 0 fully saturated rings. The van der Waals surface area contributed by atoms with E-state index in [1.54, 1.807) is 12.1 Å². The van der Waals surface area contributed by atoms with E-state index in [0.29, 0.717) is 10.5 Å². The smallest absolute Gasteiger partial charge is 0.190 e. The molecule has 84 valence electrons. The molecular weight excluding hydrogens is 236 g/mol. The summed E-state index contributed by atoms with van der Waals surface area (Å²) in [5.74, 6) is 0.0915. The molecule has 2 aromatic heterocycles. The first kappa shape index (κ1) is 10.2. The van der Waals surface area contributed by atoms with Crippen molar-refractivity contribution in [2.24, 2.45) is 0 Å².